The maximum Gasteiger partial charge on any atom is 0.131 e. The summed E-state index contributed by atoms with van der Waals surface area (Å²) >= 11 is 0. The van der Waals surface area contributed by atoms with Gasteiger partial charge in [-0.3, -0.25) is 0 Å². The Morgan fingerprint density at radius 2 is 2.25 bits per heavy atom. The van der Waals surface area contributed by atoms with Gasteiger partial charge in [0.1, 0.15) is 17.4 Å². The van der Waals surface area contributed by atoms with Crippen molar-refractivity contribution in [3.05, 3.63) is 47.8 Å². The fourth-order valence-electron chi connectivity index (χ4n) is 2.22. The van der Waals surface area contributed by atoms with E-state index in [0.717, 1.165) is 18.8 Å². The highest BCUT2D eigenvalue weighted by Gasteiger charge is 2.15. The maximum absolute atomic E-state index is 14.0. The van der Waals surface area contributed by atoms with Crippen LogP contribution < -0.4 is 10.5 Å². The summed E-state index contributed by atoms with van der Waals surface area (Å²) < 4.78 is 21.0. The summed E-state index contributed by atoms with van der Waals surface area (Å²) in [5, 5.41) is 0. The first-order valence-electron chi connectivity index (χ1n) is 6.74. The van der Waals surface area contributed by atoms with Crippen LogP contribution >= 0.6 is 0 Å². The van der Waals surface area contributed by atoms with Crippen molar-refractivity contribution in [3.63, 3.8) is 0 Å². The quantitative estimate of drug-likeness (QED) is 0.883. The topological polar surface area (TPSA) is 53.1 Å². The highest BCUT2D eigenvalue weighted by Crippen LogP contribution is 2.22. The Hall–Kier alpha value is -1.88. The standard InChI is InChI=1S/C15H20FN3O/c1-3-7-19-8-6-18-15(19)10-14(17)12-5-4-11(20-2)9-13(12)16/h4-6,8-9,14H,3,7,10,17H2,1-2H3. The van der Waals surface area contributed by atoms with Crippen LogP contribution in [-0.2, 0) is 13.0 Å². The lowest BCUT2D eigenvalue weighted by Crippen LogP contribution is -2.18. The van der Waals surface area contributed by atoms with Crippen molar-refractivity contribution in [2.24, 2.45) is 5.73 Å². The van der Waals surface area contributed by atoms with Crippen molar-refractivity contribution in [2.75, 3.05) is 7.11 Å². The zero-order valence-corrected chi connectivity index (χ0v) is 11.8. The number of imidazole rings is 1. The van der Waals surface area contributed by atoms with E-state index in [2.05, 4.69) is 16.5 Å². The van der Waals surface area contributed by atoms with Gasteiger partial charge in [-0.15, -0.1) is 0 Å². The monoisotopic (exact) mass is 277 g/mol. The van der Waals surface area contributed by atoms with E-state index in [-0.39, 0.29) is 5.82 Å². The molecule has 1 unspecified atom stereocenters. The summed E-state index contributed by atoms with van der Waals surface area (Å²) in [6.07, 6.45) is 5.21. The van der Waals surface area contributed by atoms with Crippen LogP contribution in [-0.4, -0.2) is 16.7 Å². The number of benzene rings is 1. The first-order valence-corrected chi connectivity index (χ1v) is 6.74. The highest BCUT2D eigenvalue weighted by atomic mass is 19.1. The van der Waals surface area contributed by atoms with E-state index < -0.39 is 6.04 Å². The van der Waals surface area contributed by atoms with Gasteiger partial charge in [0.05, 0.1) is 7.11 Å². The fraction of sp³-hybridized carbons (Fsp3) is 0.400. The summed E-state index contributed by atoms with van der Waals surface area (Å²) in [6, 6.07) is 4.33. The van der Waals surface area contributed by atoms with E-state index in [4.69, 9.17) is 10.5 Å². The van der Waals surface area contributed by atoms with Crippen molar-refractivity contribution < 1.29 is 9.13 Å². The first-order chi connectivity index (χ1) is 9.65. The van der Waals surface area contributed by atoms with Crippen LogP contribution in [0.5, 0.6) is 5.75 Å². The van der Waals surface area contributed by atoms with E-state index in [1.807, 2.05) is 6.20 Å². The van der Waals surface area contributed by atoms with E-state index >= 15 is 0 Å². The molecule has 0 aliphatic heterocycles. The van der Waals surface area contributed by atoms with Crippen LogP contribution in [0.2, 0.25) is 0 Å². The Bertz CT molecular complexity index is 568. The number of methoxy groups -OCH3 is 1. The number of aryl methyl sites for hydroxylation is 1. The summed E-state index contributed by atoms with van der Waals surface area (Å²) in [5.41, 5.74) is 6.59. The number of ether oxygens (including phenoxy) is 1. The molecule has 2 aromatic rings. The molecule has 1 atom stereocenters. The van der Waals surface area contributed by atoms with E-state index in [1.165, 1.54) is 13.2 Å². The molecule has 0 aliphatic rings. The van der Waals surface area contributed by atoms with Gasteiger partial charge in [-0.05, 0) is 12.5 Å². The minimum Gasteiger partial charge on any atom is -0.497 e. The minimum atomic E-state index is -0.418. The number of nitrogens with two attached hydrogens (primary N) is 1. The normalized spacial score (nSPS) is 12.4. The van der Waals surface area contributed by atoms with Crippen LogP contribution in [0.1, 0.15) is 30.8 Å². The second-order valence-corrected chi connectivity index (χ2v) is 4.73. The van der Waals surface area contributed by atoms with Gasteiger partial charge in [-0.2, -0.15) is 0 Å². The Balaban J connectivity index is 2.15. The van der Waals surface area contributed by atoms with Gasteiger partial charge in [0.25, 0.3) is 0 Å². The number of nitrogens with zero attached hydrogens (tertiary/aromatic N) is 2. The molecular weight excluding hydrogens is 257 g/mol. The van der Waals surface area contributed by atoms with Crippen LogP contribution in [0.25, 0.3) is 0 Å². The number of hydrogen-bond donors (Lipinski definition) is 1. The Morgan fingerprint density at radius 3 is 2.90 bits per heavy atom. The van der Waals surface area contributed by atoms with Gasteiger partial charge in [0.15, 0.2) is 0 Å². The summed E-state index contributed by atoms with van der Waals surface area (Å²) in [4.78, 5) is 4.30. The smallest absolute Gasteiger partial charge is 0.131 e. The van der Waals surface area contributed by atoms with Crippen LogP contribution in [0.4, 0.5) is 4.39 Å². The maximum atomic E-state index is 14.0. The van der Waals surface area contributed by atoms with Gasteiger partial charge >= 0.3 is 0 Å². The summed E-state index contributed by atoms with van der Waals surface area (Å²) in [5.74, 6) is 1.03. The van der Waals surface area contributed by atoms with Crippen molar-refractivity contribution >= 4 is 0 Å². The molecule has 20 heavy (non-hydrogen) atoms. The van der Waals surface area contributed by atoms with Crippen LogP contribution in [0, 0.1) is 5.82 Å². The Kier molecular flexibility index (Phi) is 4.74. The van der Waals surface area contributed by atoms with Crippen LogP contribution in [0.3, 0.4) is 0 Å². The molecule has 5 heteroatoms. The third kappa shape index (κ3) is 3.17. The van der Waals surface area contributed by atoms with E-state index in [9.17, 15) is 4.39 Å². The number of halogens is 1. The minimum absolute atomic E-state index is 0.342. The predicted molar refractivity (Wildman–Crippen MR) is 76.1 cm³/mol. The molecule has 1 aromatic carbocycles. The summed E-state index contributed by atoms with van der Waals surface area (Å²) in [6.45, 7) is 3.00. The molecule has 0 saturated heterocycles. The van der Waals surface area contributed by atoms with Gasteiger partial charge < -0.3 is 15.0 Å². The predicted octanol–water partition coefficient (Wildman–Crippen LogP) is 2.68. The second-order valence-electron chi connectivity index (χ2n) is 4.73. The van der Waals surface area contributed by atoms with Gasteiger partial charge in [-0.25, -0.2) is 9.37 Å². The second kappa shape index (κ2) is 6.52. The lowest BCUT2D eigenvalue weighted by atomic mass is 10.0. The molecule has 0 spiro atoms. The molecule has 0 fully saturated rings. The SMILES string of the molecule is CCCn1ccnc1CC(N)c1ccc(OC)cc1F. The Morgan fingerprint density at radius 1 is 1.45 bits per heavy atom. The average Bonchev–Trinajstić information content (AvgIpc) is 2.86. The third-order valence-corrected chi connectivity index (χ3v) is 3.28. The van der Waals surface area contributed by atoms with Crippen molar-refractivity contribution in [3.8, 4) is 5.75 Å². The number of aromatic nitrogens is 2. The molecule has 0 aliphatic carbocycles. The molecule has 1 heterocycles. The number of rotatable bonds is 6. The zero-order chi connectivity index (χ0) is 14.5. The molecule has 2 rings (SSSR count). The molecule has 1 aromatic heterocycles. The fourth-order valence-corrected chi connectivity index (χ4v) is 2.22. The third-order valence-electron chi connectivity index (χ3n) is 3.28. The first kappa shape index (κ1) is 14.5. The Labute approximate surface area is 118 Å². The van der Waals surface area contributed by atoms with Crippen molar-refractivity contribution in [2.45, 2.75) is 32.4 Å². The lowest BCUT2D eigenvalue weighted by Gasteiger charge is -2.14. The van der Waals surface area contributed by atoms with E-state index in [0.29, 0.717) is 17.7 Å². The molecule has 0 saturated carbocycles. The molecule has 0 bridgehead atoms. The lowest BCUT2D eigenvalue weighted by molar-refractivity contribution is 0.410. The zero-order valence-electron chi connectivity index (χ0n) is 11.8. The van der Waals surface area contributed by atoms with Crippen molar-refractivity contribution in [1.29, 1.82) is 0 Å². The van der Waals surface area contributed by atoms with E-state index in [1.54, 1.807) is 18.3 Å². The summed E-state index contributed by atoms with van der Waals surface area (Å²) in [7, 11) is 1.51. The molecular formula is C15H20FN3O. The molecule has 4 nitrogen and oxygen atoms in total. The van der Waals surface area contributed by atoms with Crippen LogP contribution in [0.15, 0.2) is 30.6 Å². The largest absolute Gasteiger partial charge is 0.497 e. The average molecular weight is 277 g/mol. The van der Waals surface area contributed by atoms with Gasteiger partial charge in [-0.1, -0.05) is 13.0 Å². The molecule has 2 N–H and O–H groups in total. The molecule has 108 valence electrons. The van der Waals surface area contributed by atoms with Gasteiger partial charge in [0.2, 0.25) is 0 Å². The molecule has 0 radical (unpaired) electrons. The van der Waals surface area contributed by atoms with Crippen molar-refractivity contribution in [1.82, 2.24) is 9.55 Å². The molecule has 0 amide bonds. The van der Waals surface area contributed by atoms with Gasteiger partial charge in [0, 0.05) is 43.0 Å². The number of hydrogen-bond acceptors (Lipinski definition) is 3. The highest BCUT2D eigenvalue weighted by molar-refractivity contribution is 5.31.